The van der Waals surface area contributed by atoms with E-state index < -0.39 is 0 Å². The Kier molecular flexibility index (Phi) is 4.68. The van der Waals surface area contributed by atoms with Crippen molar-refractivity contribution in [1.29, 1.82) is 0 Å². The zero-order valence-corrected chi connectivity index (χ0v) is 14.2. The second-order valence-corrected chi connectivity index (χ2v) is 6.25. The lowest BCUT2D eigenvalue weighted by atomic mass is 10.3. The molecule has 0 aliphatic carbocycles. The van der Waals surface area contributed by atoms with Gasteiger partial charge in [-0.2, -0.15) is 0 Å². The van der Waals surface area contributed by atoms with Crippen molar-refractivity contribution >= 4 is 40.6 Å². The summed E-state index contributed by atoms with van der Waals surface area (Å²) in [7, 11) is 0. The van der Waals surface area contributed by atoms with E-state index in [0.717, 1.165) is 31.7 Å². The molecule has 0 bridgehead atoms. The van der Waals surface area contributed by atoms with E-state index in [1.54, 1.807) is 31.2 Å². The molecule has 1 aromatic carbocycles. The Hall–Kier alpha value is -1.85. The van der Waals surface area contributed by atoms with Crippen LogP contribution < -0.4 is 10.2 Å². The topological polar surface area (TPSA) is 58.1 Å². The number of benzene rings is 1. The van der Waals surface area contributed by atoms with Crippen molar-refractivity contribution in [3.05, 3.63) is 45.8 Å². The molecule has 5 nitrogen and oxygen atoms in total. The van der Waals surface area contributed by atoms with Crippen molar-refractivity contribution in [2.45, 2.75) is 19.8 Å². The van der Waals surface area contributed by atoms with Crippen LogP contribution in [0.15, 0.2) is 24.3 Å². The molecule has 1 N–H and O–H groups in total. The maximum Gasteiger partial charge on any atom is 0.274 e. The summed E-state index contributed by atoms with van der Waals surface area (Å²) in [6, 6.07) is 6.67. The second kappa shape index (κ2) is 6.72. The maximum absolute atomic E-state index is 12.4. The van der Waals surface area contributed by atoms with E-state index in [0.29, 0.717) is 27.3 Å². The highest BCUT2D eigenvalue weighted by Gasteiger charge is 2.17. The van der Waals surface area contributed by atoms with Crippen LogP contribution in [-0.4, -0.2) is 29.0 Å². The molecule has 0 saturated carbocycles. The number of carbonyl (C=O) groups excluding carboxylic acids is 1. The van der Waals surface area contributed by atoms with Crippen LogP contribution in [0, 0.1) is 6.92 Å². The lowest BCUT2D eigenvalue weighted by molar-refractivity contribution is 0.102. The molecule has 1 fully saturated rings. The monoisotopic (exact) mass is 350 g/mol. The number of hydrogen-bond donors (Lipinski definition) is 1. The molecule has 0 unspecified atom stereocenters. The summed E-state index contributed by atoms with van der Waals surface area (Å²) >= 11 is 11.8. The number of hydrogen-bond acceptors (Lipinski definition) is 4. The zero-order valence-electron chi connectivity index (χ0n) is 12.6. The van der Waals surface area contributed by atoms with Gasteiger partial charge in [-0.15, -0.1) is 0 Å². The first kappa shape index (κ1) is 16.0. The van der Waals surface area contributed by atoms with Crippen molar-refractivity contribution in [1.82, 2.24) is 9.97 Å². The van der Waals surface area contributed by atoms with Gasteiger partial charge in [0.15, 0.2) is 0 Å². The fourth-order valence-corrected chi connectivity index (χ4v) is 2.84. The Morgan fingerprint density at radius 2 is 1.87 bits per heavy atom. The smallest absolute Gasteiger partial charge is 0.274 e. The predicted molar refractivity (Wildman–Crippen MR) is 92.6 cm³/mol. The average molecular weight is 351 g/mol. The first-order chi connectivity index (χ1) is 11.0. The highest BCUT2D eigenvalue weighted by atomic mass is 35.5. The van der Waals surface area contributed by atoms with E-state index in [2.05, 4.69) is 20.2 Å². The number of rotatable bonds is 3. The van der Waals surface area contributed by atoms with E-state index >= 15 is 0 Å². The van der Waals surface area contributed by atoms with Gasteiger partial charge in [0.25, 0.3) is 5.91 Å². The van der Waals surface area contributed by atoms with Crippen LogP contribution in [0.5, 0.6) is 0 Å². The SMILES string of the molecule is Cc1nc(C(=O)Nc2ccc(Cl)c(Cl)c2)cc(N2CCCC2)n1. The molecule has 2 heterocycles. The molecule has 1 saturated heterocycles. The van der Waals surface area contributed by atoms with Gasteiger partial charge in [-0.3, -0.25) is 4.79 Å². The molecule has 7 heteroatoms. The van der Waals surface area contributed by atoms with Crippen LogP contribution in [-0.2, 0) is 0 Å². The van der Waals surface area contributed by atoms with Crippen molar-refractivity contribution in [2.75, 3.05) is 23.3 Å². The fourth-order valence-electron chi connectivity index (χ4n) is 2.55. The number of anilines is 2. The van der Waals surface area contributed by atoms with Gasteiger partial charge in [-0.1, -0.05) is 23.2 Å². The van der Waals surface area contributed by atoms with Crippen molar-refractivity contribution < 1.29 is 4.79 Å². The quantitative estimate of drug-likeness (QED) is 0.910. The number of aromatic nitrogens is 2. The minimum absolute atomic E-state index is 0.297. The summed E-state index contributed by atoms with van der Waals surface area (Å²) in [5, 5.41) is 3.61. The van der Waals surface area contributed by atoms with Gasteiger partial charge in [0.2, 0.25) is 0 Å². The number of carbonyl (C=O) groups is 1. The normalized spacial score (nSPS) is 14.1. The molecule has 120 valence electrons. The Labute approximate surface area is 144 Å². The minimum atomic E-state index is -0.297. The number of nitrogens with one attached hydrogen (secondary N) is 1. The molecule has 0 atom stereocenters. The summed E-state index contributed by atoms with van der Waals surface area (Å²) in [6.45, 7) is 3.71. The molecule has 0 radical (unpaired) electrons. The van der Waals surface area contributed by atoms with Gasteiger partial charge >= 0.3 is 0 Å². The van der Waals surface area contributed by atoms with Gasteiger partial charge in [-0.05, 0) is 38.0 Å². The lowest BCUT2D eigenvalue weighted by Gasteiger charge is -2.17. The van der Waals surface area contributed by atoms with Crippen molar-refractivity contribution in [3.63, 3.8) is 0 Å². The molecular weight excluding hydrogens is 335 g/mol. The molecule has 1 aliphatic rings. The van der Waals surface area contributed by atoms with E-state index in [1.165, 1.54) is 0 Å². The van der Waals surface area contributed by atoms with E-state index in [4.69, 9.17) is 23.2 Å². The molecule has 3 rings (SSSR count). The van der Waals surface area contributed by atoms with Crippen molar-refractivity contribution in [2.24, 2.45) is 0 Å². The summed E-state index contributed by atoms with van der Waals surface area (Å²) in [6.07, 6.45) is 2.29. The third-order valence-electron chi connectivity index (χ3n) is 3.66. The van der Waals surface area contributed by atoms with Crippen molar-refractivity contribution in [3.8, 4) is 0 Å². The molecule has 23 heavy (non-hydrogen) atoms. The largest absolute Gasteiger partial charge is 0.356 e. The Morgan fingerprint density at radius 1 is 1.13 bits per heavy atom. The van der Waals surface area contributed by atoms with Crippen LogP contribution in [0.3, 0.4) is 0 Å². The summed E-state index contributed by atoms with van der Waals surface area (Å²) in [5.41, 5.74) is 0.911. The Morgan fingerprint density at radius 3 is 2.57 bits per heavy atom. The highest BCUT2D eigenvalue weighted by Crippen LogP contribution is 2.25. The Bertz CT molecular complexity index is 745. The fraction of sp³-hybridized carbons (Fsp3) is 0.312. The van der Waals surface area contributed by atoms with Gasteiger partial charge < -0.3 is 10.2 Å². The van der Waals surface area contributed by atoms with Crippen LogP contribution >= 0.6 is 23.2 Å². The van der Waals surface area contributed by atoms with Gasteiger partial charge in [0.1, 0.15) is 17.3 Å². The molecular formula is C16H16Cl2N4O. The van der Waals surface area contributed by atoms with Crippen LogP contribution in [0.25, 0.3) is 0 Å². The van der Waals surface area contributed by atoms with E-state index in [9.17, 15) is 4.79 Å². The van der Waals surface area contributed by atoms with E-state index in [1.807, 2.05) is 0 Å². The number of halogens is 2. The average Bonchev–Trinajstić information content (AvgIpc) is 3.05. The van der Waals surface area contributed by atoms with Crippen LogP contribution in [0.4, 0.5) is 11.5 Å². The van der Waals surface area contributed by atoms with Gasteiger partial charge in [0, 0.05) is 24.8 Å². The van der Waals surface area contributed by atoms with E-state index in [-0.39, 0.29) is 5.91 Å². The second-order valence-electron chi connectivity index (χ2n) is 5.44. The third kappa shape index (κ3) is 3.74. The van der Waals surface area contributed by atoms with Crippen LogP contribution in [0.2, 0.25) is 10.0 Å². The summed E-state index contributed by atoms with van der Waals surface area (Å²) in [5.74, 6) is 1.08. The molecule has 0 spiro atoms. The lowest BCUT2D eigenvalue weighted by Crippen LogP contribution is -2.22. The first-order valence-electron chi connectivity index (χ1n) is 7.40. The standard InChI is InChI=1S/C16H16Cl2N4O/c1-10-19-14(9-15(20-10)22-6-2-3-7-22)16(23)21-11-4-5-12(17)13(18)8-11/h4-5,8-9H,2-3,6-7H2,1H3,(H,21,23). The Balaban J connectivity index is 1.82. The molecule has 1 aromatic heterocycles. The zero-order chi connectivity index (χ0) is 16.4. The van der Waals surface area contributed by atoms with Gasteiger partial charge in [0.05, 0.1) is 10.0 Å². The van der Waals surface area contributed by atoms with Gasteiger partial charge in [-0.25, -0.2) is 9.97 Å². The number of nitrogens with zero attached hydrogens (tertiary/aromatic N) is 3. The number of amides is 1. The molecule has 1 amide bonds. The summed E-state index contributed by atoms with van der Waals surface area (Å²) < 4.78 is 0. The molecule has 1 aliphatic heterocycles. The minimum Gasteiger partial charge on any atom is -0.356 e. The maximum atomic E-state index is 12.4. The van der Waals surface area contributed by atoms with Crippen LogP contribution in [0.1, 0.15) is 29.2 Å². The highest BCUT2D eigenvalue weighted by molar-refractivity contribution is 6.42. The number of aryl methyl sites for hydroxylation is 1. The predicted octanol–water partition coefficient (Wildman–Crippen LogP) is 3.94. The summed E-state index contributed by atoms with van der Waals surface area (Å²) in [4.78, 5) is 23.3. The first-order valence-corrected chi connectivity index (χ1v) is 8.15. The third-order valence-corrected chi connectivity index (χ3v) is 4.40. The molecule has 2 aromatic rings.